The third kappa shape index (κ3) is 74.3. The van der Waals surface area contributed by atoms with E-state index in [9.17, 15) is 43.2 Å². The normalized spacial score (nSPS) is 13.9. The first kappa shape index (κ1) is 98.1. The van der Waals surface area contributed by atoms with Gasteiger partial charge in [-0.25, -0.2) is 9.13 Å². The highest BCUT2D eigenvalue weighted by Gasteiger charge is 2.30. The van der Waals surface area contributed by atoms with Crippen LogP contribution in [0, 0.1) is 11.8 Å². The van der Waals surface area contributed by atoms with Crippen LogP contribution in [-0.2, 0) is 65.4 Å². The Hall–Kier alpha value is -1.94. The zero-order chi connectivity index (χ0) is 73.5. The number of aliphatic hydroxyl groups excluding tert-OH is 1. The third-order valence-electron chi connectivity index (χ3n) is 19.0. The minimum absolute atomic E-state index is 0.107. The van der Waals surface area contributed by atoms with Gasteiger partial charge in [0.2, 0.25) is 0 Å². The van der Waals surface area contributed by atoms with E-state index in [0.717, 1.165) is 102 Å². The number of phosphoric acid groups is 2. The van der Waals surface area contributed by atoms with Crippen molar-refractivity contribution < 1.29 is 80.2 Å². The molecule has 100 heavy (non-hydrogen) atoms. The van der Waals surface area contributed by atoms with Crippen LogP contribution in [0.1, 0.15) is 427 Å². The van der Waals surface area contributed by atoms with Crippen LogP contribution in [0.2, 0.25) is 0 Å². The molecule has 5 atom stereocenters. The molecule has 0 aliphatic heterocycles. The van der Waals surface area contributed by atoms with Gasteiger partial charge in [-0.2, -0.15) is 0 Å². The van der Waals surface area contributed by atoms with Crippen molar-refractivity contribution in [1.82, 2.24) is 0 Å². The molecule has 0 aromatic heterocycles. The zero-order valence-electron chi connectivity index (χ0n) is 65.5. The highest BCUT2D eigenvalue weighted by atomic mass is 31.2. The second-order valence-corrected chi connectivity index (χ2v) is 33.0. The fourth-order valence-electron chi connectivity index (χ4n) is 12.5. The van der Waals surface area contributed by atoms with Crippen molar-refractivity contribution >= 4 is 39.5 Å². The van der Waals surface area contributed by atoms with Gasteiger partial charge in [0.05, 0.1) is 26.4 Å². The van der Waals surface area contributed by atoms with Gasteiger partial charge in [0.15, 0.2) is 12.2 Å². The Kier molecular flexibility index (Phi) is 71.2. The highest BCUT2D eigenvalue weighted by molar-refractivity contribution is 7.47. The summed E-state index contributed by atoms with van der Waals surface area (Å²) in [7, 11) is -9.92. The molecule has 0 saturated heterocycles. The summed E-state index contributed by atoms with van der Waals surface area (Å²) in [6.45, 7) is 9.63. The molecule has 0 amide bonds. The average molecular weight is 1470 g/mol. The zero-order valence-corrected chi connectivity index (χ0v) is 67.3. The molecule has 594 valence electrons. The number of carbonyl (C=O) groups excluding carboxylic acids is 4. The van der Waals surface area contributed by atoms with E-state index in [4.69, 9.17) is 37.0 Å². The molecule has 0 aliphatic carbocycles. The molecule has 17 nitrogen and oxygen atoms in total. The first-order chi connectivity index (χ1) is 48.4. The minimum Gasteiger partial charge on any atom is -0.462 e. The summed E-state index contributed by atoms with van der Waals surface area (Å²) in [5.74, 6) is -0.572. The molecule has 0 radical (unpaired) electrons. The lowest BCUT2D eigenvalue weighted by Crippen LogP contribution is -2.30. The van der Waals surface area contributed by atoms with Gasteiger partial charge in [0.25, 0.3) is 0 Å². The molecular weight excluding hydrogens is 1310 g/mol. The van der Waals surface area contributed by atoms with Crippen molar-refractivity contribution in [3.05, 3.63) is 0 Å². The Morgan fingerprint density at radius 2 is 0.460 bits per heavy atom. The lowest BCUT2D eigenvalue weighted by molar-refractivity contribution is -0.161. The van der Waals surface area contributed by atoms with Crippen LogP contribution in [0.25, 0.3) is 0 Å². The highest BCUT2D eigenvalue weighted by Crippen LogP contribution is 2.45. The maximum Gasteiger partial charge on any atom is 0.472 e. The van der Waals surface area contributed by atoms with Gasteiger partial charge in [-0.05, 0) is 37.5 Å². The quantitative estimate of drug-likeness (QED) is 0.0222. The molecule has 0 heterocycles. The molecule has 0 saturated carbocycles. The fourth-order valence-corrected chi connectivity index (χ4v) is 14.1. The summed E-state index contributed by atoms with van der Waals surface area (Å²) in [5, 5.41) is 10.6. The number of rotatable bonds is 80. The molecule has 0 spiro atoms. The number of aliphatic hydroxyl groups is 1. The van der Waals surface area contributed by atoms with Crippen molar-refractivity contribution in [3.63, 3.8) is 0 Å². The molecule has 0 aliphatic rings. The molecule has 19 heteroatoms. The van der Waals surface area contributed by atoms with Gasteiger partial charge < -0.3 is 33.8 Å². The second kappa shape index (κ2) is 72.6. The Balaban J connectivity index is 5.23. The lowest BCUT2D eigenvalue weighted by atomic mass is 10.0. The smallest absolute Gasteiger partial charge is 0.462 e. The summed E-state index contributed by atoms with van der Waals surface area (Å²) < 4.78 is 68.7. The Morgan fingerprint density at radius 1 is 0.270 bits per heavy atom. The summed E-state index contributed by atoms with van der Waals surface area (Å²) >= 11 is 0. The molecule has 0 rings (SSSR count). The van der Waals surface area contributed by atoms with Crippen LogP contribution in [0.3, 0.4) is 0 Å². The lowest BCUT2D eigenvalue weighted by Gasteiger charge is -2.21. The number of phosphoric ester groups is 2. The topological polar surface area (TPSA) is 237 Å². The van der Waals surface area contributed by atoms with Gasteiger partial charge >= 0.3 is 39.5 Å². The van der Waals surface area contributed by atoms with Crippen molar-refractivity contribution in [2.45, 2.75) is 445 Å². The first-order valence-electron chi connectivity index (χ1n) is 42.0. The first-order valence-corrected chi connectivity index (χ1v) is 45.0. The van der Waals surface area contributed by atoms with Crippen molar-refractivity contribution in [2.24, 2.45) is 11.8 Å². The summed E-state index contributed by atoms with van der Waals surface area (Å²) in [6, 6.07) is 0. The standard InChI is InChI=1S/C81H158O17P2/c1-7-9-11-13-15-17-19-21-22-23-24-28-31-35-38-45-51-57-63-78(83)91-69-76(97-81(86)66-60-54-48-40-36-32-29-26-25-27-30-33-37-43-49-55-61-73(3)4)71-95-99(87,88)93-67-75(82)68-94-100(89,90)96-72-77(70-92-79(84)64-58-52-46-42-41-44-50-56-62-74(5)6)98-80(85)65-59-53-47-39-34-20-18-16-14-12-10-8-2/h73-77,82H,7-72H2,1-6H3,(H,87,88)(H,89,90)/t75-,76-,77-/m1/s1. The van der Waals surface area contributed by atoms with E-state index in [-0.39, 0.29) is 25.7 Å². The number of hydrogen-bond acceptors (Lipinski definition) is 15. The van der Waals surface area contributed by atoms with E-state index in [1.54, 1.807) is 0 Å². The van der Waals surface area contributed by atoms with Crippen LogP contribution < -0.4 is 0 Å². The van der Waals surface area contributed by atoms with Gasteiger partial charge in [-0.3, -0.25) is 37.3 Å². The number of ether oxygens (including phenoxy) is 4. The Labute approximate surface area is 613 Å². The van der Waals surface area contributed by atoms with Crippen molar-refractivity contribution in [1.29, 1.82) is 0 Å². The van der Waals surface area contributed by atoms with E-state index in [0.29, 0.717) is 25.7 Å². The number of esters is 4. The summed E-state index contributed by atoms with van der Waals surface area (Å²) in [6.07, 6.45) is 62.5. The molecule has 0 aromatic carbocycles. The van der Waals surface area contributed by atoms with E-state index in [1.165, 1.54) is 244 Å². The summed E-state index contributed by atoms with van der Waals surface area (Å²) in [4.78, 5) is 73.0. The maximum atomic E-state index is 13.1. The van der Waals surface area contributed by atoms with Crippen LogP contribution in [-0.4, -0.2) is 96.7 Å². The van der Waals surface area contributed by atoms with E-state index in [2.05, 4.69) is 41.5 Å². The summed E-state index contributed by atoms with van der Waals surface area (Å²) in [5.41, 5.74) is 0. The number of carbonyl (C=O) groups is 4. The molecular formula is C81H158O17P2. The van der Waals surface area contributed by atoms with Crippen molar-refractivity contribution in [2.75, 3.05) is 39.6 Å². The molecule has 0 bridgehead atoms. The van der Waals surface area contributed by atoms with Gasteiger partial charge in [0, 0.05) is 25.7 Å². The Bertz CT molecular complexity index is 1920. The molecule has 0 fully saturated rings. The van der Waals surface area contributed by atoms with E-state index < -0.39 is 97.5 Å². The third-order valence-corrected chi connectivity index (χ3v) is 20.9. The molecule has 2 unspecified atom stereocenters. The van der Waals surface area contributed by atoms with E-state index >= 15 is 0 Å². The predicted octanol–water partition coefficient (Wildman–Crippen LogP) is 24.3. The van der Waals surface area contributed by atoms with Gasteiger partial charge in [0.1, 0.15) is 19.3 Å². The van der Waals surface area contributed by atoms with Gasteiger partial charge in [-0.15, -0.1) is 0 Å². The van der Waals surface area contributed by atoms with E-state index in [1.807, 2.05) is 0 Å². The van der Waals surface area contributed by atoms with Crippen molar-refractivity contribution in [3.8, 4) is 0 Å². The minimum atomic E-state index is -4.96. The predicted molar refractivity (Wildman–Crippen MR) is 409 cm³/mol. The fraction of sp³-hybridized carbons (Fsp3) is 0.951. The monoisotopic (exact) mass is 1470 g/mol. The average Bonchev–Trinajstić information content (AvgIpc) is 0.943. The number of unbranched alkanes of at least 4 members (excludes halogenated alkanes) is 50. The molecule has 0 aromatic rings. The van der Waals surface area contributed by atoms with Crippen LogP contribution in [0.5, 0.6) is 0 Å². The molecule has 3 N–H and O–H groups in total. The largest absolute Gasteiger partial charge is 0.472 e. The maximum absolute atomic E-state index is 13.1. The Morgan fingerprint density at radius 3 is 0.680 bits per heavy atom. The second-order valence-electron chi connectivity index (χ2n) is 30.1. The number of hydrogen-bond donors (Lipinski definition) is 3. The van der Waals surface area contributed by atoms with Crippen LogP contribution in [0.4, 0.5) is 0 Å². The van der Waals surface area contributed by atoms with Crippen LogP contribution in [0.15, 0.2) is 0 Å². The van der Waals surface area contributed by atoms with Crippen LogP contribution >= 0.6 is 15.6 Å². The van der Waals surface area contributed by atoms with Gasteiger partial charge in [-0.1, -0.05) is 375 Å². The SMILES string of the molecule is CCCCCCCCCCCCCCCCCCCCC(=O)OC[C@H](COP(=O)(O)OC[C@@H](O)COP(=O)(O)OC[C@@H](COC(=O)CCCCCCCCCCC(C)C)OC(=O)CCCCCCCCCCCCCC)OC(=O)CCCCCCCCCCCCCCCCCCC(C)C.